The largest absolute Gasteiger partial charge is 0.495 e. The van der Waals surface area contributed by atoms with Gasteiger partial charge in [-0.15, -0.1) is 0 Å². The van der Waals surface area contributed by atoms with E-state index in [0.717, 1.165) is 25.5 Å². The topological polar surface area (TPSA) is 66.5 Å². The number of carbonyl (C=O) groups is 1. The van der Waals surface area contributed by atoms with E-state index in [1.807, 2.05) is 36.4 Å². The highest BCUT2D eigenvalue weighted by molar-refractivity contribution is 6.05. The Morgan fingerprint density at radius 1 is 1.14 bits per heavy atom. The number of aromatic nitrogens is 1. The van der Waals surface area contributed by atoms with Gasteiger partial charge < -0.3 is 20.3 Å². The Balaban J connectivity index is 1.50. The van der Waals surface area contributed by atoms with Gasteiger partial charge in [0.05, 0.1) is 12.8 Å². The number of methoxy groups -OCH3 is 1. The van der Waals surface area contributed by atoms with E-state index in [1.165, 1.54) is 5.56 Å². The van der Waals surface area contributed by atoms with Gasteiger partial charge in [-0.25, -0.2) is 4.98 Å². The maximum atomic E-state index is 12.8. The molecule has 1 aromatic heterocycles. The number of hydrogen-bond donors (Lipinski definition) is 2. The minimum Gasteiger partial charge on any atom is -0.495 e. The Bertz CT molecular complexity index is 977. The standard InChI is InChI=1S/C23H24N4O2/c1-29-21-10-6-5-9-19(21)26-23(28)18-11-12-25-22(15-18)27-14-13-24-20(16-27)17-7-3-2-4-8-17/h2-12,15,20,24H,13-14,16H2,1H3,(H,26,28)/t20-/m0/s1. The molecular weight excluding hydrogens is 364 g/mol. The van der Waals surface area contributed by atoms with Crippen LogP contribution in [0.5, 0.6) is 5.75 Å². The second-order valence-electron chi connectivity index (χ2n) is 6.92. The molecule has 0 unspecified atom stereocenters. The highest BCUT2D eigenvalue weighted by Gasteiger charge is 2.22. The van der Waals surface area contributed by atoms with Gasteiger partial charge in [-0.3, -0.25) is 4.79 Å². The zero-order valence-electron chi connectivity index (χ0n) is 16.3. The Hall–Kier alpha value is -3.38. The van der Waals surface area contributed by atoms with Crippen LogP contribution in [0.1, 0.15) is 22.0 Å². The minimum absolute atomic E-state index is 0.187. The monoisotopic (exact) mass is 388 g/mol. The molecule has 6 heteroatoms. The van der Waals surface area contributed by atoms with Crippen molar-refractivity contribution in [2.24, 2.45) is 0 Å². The van der Waals surface area contributed by atoms with Gasteiger partial charge in [-0.05, 0) is 29.8 Å². The molecule has 1 fully saturated rings. The second-order valence-corrected chi connectivity index (χ2v) is 6.92. The van der Waals surface area contributed by atoms with Gasteiger partial charge >= 0.3 is 0 Å². The average molecular weight is 388 g/mol. The summed E-state index contributed by atoms with van der Waals surface area (Å²) in [6.45, 7) is 2.50. The molecule has 148 valence electrons. The van der Waals surface area contributed by atoms with Gasteiger partial charge in [0.15, 0.2) is 0 Å². The van der Waals surface area contributed by atoms with Crippen molar-refractivity contribution in [1.82, 2.24) is 10.3 Å². The lowest BCUT2D eigenvalue weighted by molar-refractivity contribution is 0.102. The van der Waals surface area contributed by atoms with Crippen molar-refractivity contribution < 1.29 is 9.53 Å². The van der Waals surface area contributed by atoms with E-state index in [9.17, 15) is 4.79 Å². The van der Waals surface area contributed by atoms with Crippen LogP contribution in [0.15, 0.2) is 72.9 Å². The summed E-state index contributed by atoms with van der Waals surface area (Å²) in [6.07, 6.45) is 1.69. The van der Waals surface area contributed by atoms with Crippen LogP contribution in [0, 0.1) is 0 Å². The predicted octanol–water partition coefficient (Wildman–Crippen LogP) is 3.49. The van der Waals surface area contributed by atoms with Gasteiger partial charge in [0.1, 0.15) is 11.6 Å². The van der Waals surface area contributed by atoms with Gasteiger partial charge in [0.2, 0.25) is 0 Å². The molecule has 1 amide bonds. The molecular formula is C23H24N4O2. The maximum Gasteiger partial charge on any atom is 0.255 e. The summed E-state index contributed by atoms with van der Waals surface area (Å²) in [4.78, 5) is 19.5. The lowest BCUT2D eigenvalue weighted by Gasteiger charge is -2.34. The van der Waals surface area contributed by atoms with Gasteiger partial charge in [-0.2, -0.15) is 0 Å². The van der Waals surface area contributed by atoms with E-state index in [2.05, 4.69) is 44.8 Å². The van der Waals surface area contributed by atoms with E-state index in [0.29, 0.717) is 17.0 Å². The summed E-state index contributed by atoms with van der Waals surface area (Å²) in [5.74, 6) is 1.25. The molecule has 3 aromatic rings. The molecule has 1 aliphatic rings. The fraction of sp³-hybridized carbons (Fsp3) is 0.217. The molecule has 29 heavy (non-hydrogen) atoms. The quantitative estimate of drug-likeness (QED) is 0.700. The minimum atomic E-state index is -0.187. The first-order chi connectivity index (χ1) is 14.2. The SMILES string of the molecule is COc1ccccc1NC(=O)c1ccnc(N2CCN[C@H](c3ccccc3)C2)c1. The van der Waals surface area contributed by atoms with E-state index >= 15 is 0 Å². The highest BCUT2D eigenvalue weighted by atomic mass is 16.5. The van der Waals surface area contributed by atoms with E-state index in [4.69, 9.17) is 4.74 Å². The second kappa shape index (κ2) is 8.75. The lowest BCUT2D eigenvalue weighted by Crippen LogP contribution is -2.46. The van der Waals surface area contributed by atoms with Crippen LogP contribution in [0.25, 0.3) is 0 Å². The Labute approximate surface area is 170 Å². The highest BCUT2D eigenvalue weighted by Crippen LogP contribution is 2.25. The molecule has 0 aliphatic carbocycles. The zero-order valence-corrected chi connectivity index (χ0v) is 16.3. The number of rotatable bonds is 5. The molecule has 2 N–H and O–H groups in total. The summed E-state index contributed by atoms with van der Waals surface area (Å²) in [7, 11) is 1.59. The number of amides is 1. The van der Waals surface area contributed by atoms with E-state index in [1.54, 1.807) is 19.4 Å². The van der Waals surface area contributed by atoms with Gasteiger partial charge in [-0.1, -0.05) is 42.5 Å². The molecule has 2 aromatic carbocycles. The molecule has 4 rings (SSSR count). The number of hydrogen-bond acceptors (Lipinski definition) is 5. The van der Waals surface area contributed by atoms with Crippen LogP contribution in [-0.4, -0.2) is 37.6 Å². The lowest BCUT2D eigenvalue weighted by atomic mass is 10.0. The summed E-state index contributed by atoms with van der Waals surface area (Å²) >= 11 is 0. The summed E-state index contributed by atoms with van der Waals surface area (Å²) in [5, 5.41) is 6.48. The first kappa shape index (κ1) is 19.0. The molecule has 6 nitrogen and oxygen atoms in total. The Morgan fingerprint density at radius 2 is 1.93 bits per heavy atom. The number of piperazine rings is 1. The third-order valence-corrected chi connectivity index (χ3v) is 5.06. The van der Waals surface area contributed by atoms with E-state index < -0.39 is 0 Å². The summed E-state index contributed by atoms with van der Waals surface area (Å²) < 4.78 is 5.31. The van der Waals surface area contributed by atoms with Crippen molar-refractivity contribution in [3.8, 4) is 5.75 Å². The molecule has 2 heterocycles. The number of para-hydroxylation sites is 2. The van der Waals surface area contributed by atoms with Crippen LogP contribution in [-0.2, 0) is 0 Å². The molecule has 0 saturated carbocycles. The number of pyridine rings is 1. The molecule has 0 bridgehead atoms. The van der Waals surface area contributed by atoms with Crippen molar-refractivity contribution in [3.63, 3.8) is 0 Å². The van der Waals surface area contributed by atoms with E-state index in [-0.39, 0.29) is 11.9 Å². The fourth-order valence-corrected chi connectivity index (χ4v) is 3.54. The number of anilines is 2. The fourth-order valence-electron chi connectivity index (χ4n) is 3.54. The molecule has 0 radical (unpaired) electrons. The van der Waals surface area contributed by atoms with Crippen molar-refractivity contribution in [2.45, 2.75) is 6.04 Å². The molecule has 0 spiro atoms. The van der Waals surface area contributed by atoms with Crippen molar-refractivity contribution in [3.05, 3.63) is 84.1 Å². The van der Waals surface area contributed by atoms with Crippen LogP contribution in [0.2, 0.25) is 0 Å². The number of ether oxygens (including phenoxy) is 1. The number of nitrogens with one attached hydrogen (secondary N) is 2. The van der Waals surface area contributed by atoms with Crippen LogP contribution >= 0.6 is 0 Å². The normalized spacial score (nSPS) is 16.3. The third-order valence-electron chi connectivity index (χ3n) is 5.06. The first-order valence-corrected chi connectivity index (χ1v) is 9.68. The summed E-state index contributed by atoms with van der Waals surface area (Å²) in [6, 6.07) is 21.6. The zero-order chi connectivity index (χ0) is 20.1. The summed E-state index contributed by atoms with van der Waals surface area (Å²) in [5.41, 5.74) is 2.46. The molecule has 1 saturated heterocycles. The smallest absolute Gasteiger partial charge is 0.255 e. The number of nitrogens with zero attached hydrogens (tertiary/aromatic N) is 2. The Kier molecular flexibility index (Phi) is 5.72. The number of benzene rings is 2. The molecule has 1 aliphatic heterocycles. The predicted molar refractivity (Wildman–Crippen MR) is 115 cm³/mol. The van der Waals surface area contributed by atoms with Crippen LogP contribution < -0.4 is 20.3 Å². The maximum absolute atomic E-state index is 12.8. The van der Waals surface area contributed by atoms with Gasteiger partial charge in [0, 0.05) is 37.4 Å². The molecule has 1 atom stereocenters. The number of carbonyl (C=O) groups excluding carboxylic acids is 1. The first-order valence-electron chi connectivity index (χ1n) is 9.68. The van der Waals surface area contributed by atoms with Gasteiger partial charge in [0.25, 0.3) is 5.91 Å². The third kappa shape index (κ3) is 4.38. The Morgan fingerprint density at radius 3 is 2.76 bits per heavy atom. The average Bonchev–Trinajstić information content (AvgIpc) is 2.80. The van der Waals surface area contributed by atoms with Crippen LogP contribution in [0.3, 0.4) is 0 Å². The van der Waals surface area contributed by atoms with Crippen molar-refractivity contribution in [1.29, 1.82) is 0 Å². The van der Waals surface area contributed by atoms with Crippen molar-refractivity contribution in [2.75, 3.05) is 37.0 Å². The van der Waals surface area contributed by atoms with Crippen LogP contribution in [0.4, 0.5) is 11.5 Å². The van der Waals surface area contributed by atoms with Crippen molar-refractivity contribution >= 4 is 17.4 Å².